The van der Waals surface area contributed by atoms with Gasteiger partial charge in [0.1, 0.15) is 6.61 Å². The zero-order chi connectivity index (χ0) is 22.1. The molecule has 0 bridgehead atoms. The van der Waals surface area contributed by atoms with Crippen molar-refractivity contribution < 1.29 is 14.4 Å². The van der Waals surface area contributed by atoms with Gasteiger partial charge < -0.3 is 20.1 Å². The topological polar surface area (TPSA) is 85.7 Å². The molecule has 3 aromatic carbocycles. The summed E-state index contributed by atoms with van der Waals surface area (Å²) >= 11 is 6.08. The molecule has 0 heterocycles. The Balaban J connectivity index is 0.00000363. The van der Waals surface area contributed by atoms with Crippen LogP contribution in [-0.2, 0) is 13.2 Å². The summed E-state index contributed by atoms with van der Waals surface area (Å²) < 4.78 is 11.4. The van der Waals surface area contributed by atoms with Gasteiger partial charge in [-0.2, -0.15) is 0 Å². The monoisotopic (exact) mass is 477 g/mol. The zero-order valence-corrected chi connectivity index (χ0v) is 19.1. The van der Waals surface area contributed by atoms with E-state index in [0.717, 1.165) is 11.1 Å². The number of anilines is 1. The highest BCUT2D eigenvalue weighted by atomic mass is 35.5. The van der Waals surface area contributed by atoms with Crippen LogP contribution >= 0.6 is 24.0 Å². The molecule has 0 amide bonds. The van der Waals surface area contributed by atoms with Crippen molar-refractivity contribution in [2.24, 2.45) is 0 Å². The van der Waals surface area contributed by atoms with Gasteiger partial charge in [-0.05, 0) is 29.3 Å². The molecule has 0 atom stereocenters. The molecule has 7 nitrogen and oxygen atoms in total. The van der Waals surface area contributed by atoms with E-state index < -0.39 is 4.92 Å². The second kappa shape index (κ2) is 12.8. The van der Waals surface area contributed by atoms with Gasteiger partial charge in [0.25, 0.3) is 5.69 Å². The van der Waals surface area contributed by atoms with Gasteiger partial charge in [0.15, 0.2) is 11.5 Å². The number of rotatable bonds is 11. The summed E-state index contributed by atoms with van der Waals surface area (Å²) in [5.74, 6) is 1.38. The molecule has 9 heteroatoms. The van der Waals surface area contributed by atoms with E-state index in [-0.39, 0.29) is 18.1 Å². The molecule has 0 fully saturated rings. The smallest absolute Gasteiger partial charge is 0.271 e. The molecule has 170 valence electrons. The summed E-state index contributed by atoms with van der Waals surface area (Å²) in [6.45, 7) is 2.44. The van der Waals surface area contributed by atoms with Gasteiger partial charge in [0.2, 0.25) is 0 Å². The number of nitro benzene ring substituents is 1. The summed E-state index contributed by atoms with van der Waals surface area (Å²) in [5, 5.41) is 17.6. The Morgan fingerprint density at radius 3 is 2.44 bits per heavy atom. The van der Waals surface area contributed by atoms with E-state index in [1.807, 2.05) is 48.5 Å². The molecule has 3 aromatic rings. The first-order valence-electron chi connectivity index (χ1n) is 9.79. The second-order valence-electron chi connectivity index (χ2n) is 6.78. The molecular formula is C23H25Cl2N3O4. The molecule has 0 aliphatic rings. The third-order valence-corrected chi connectivity index (χ3v) is 4.89. The largest absolute Gasteiger partial charge is 0.493 e. The molecule has 0 radical (unpaired) electrons. The van der Waals surface area contributed by atoms with Gasteiger partial charge >= 0.3 is 0 Å². The highest BCUT2D eigenvalue weighted by Crippen LogP contribution is 2.29. The lowest BCUT2D eigenvalue weighted by atomic mass is 10.2. The number of benzene rings is 3. The minimum absolute atomic E-state index is 0. The van der Waals surface area contributed by atoms with Crippen molar-refractivity contribution in [3.63, 3.8) is 0 Å². The number of nitrogens with one attached hydrogen (secondary N) is 2. The summed E-state index contributed by atoms with van der Waals surface area (Å²) in [6.07, 6.45) is 0. The Morgan fingerprint density at radius 2 is 1.75 bits per heavy atom. The maximum absolute atomic E-state index is 10.8. The first-order valence-corrected chi connectivity index (χ1v) is 10.2. The Morgan fingerprint density at radius 1 is 0.969 bits per heavy atom. The maximum atomic E-state index is 10.8. The van der Waals surface area contributed by atoms with Crippen molar-refractivity contribution in [2.45, 2.75) is 13.2 Å². The average molecular weight is 478 g/mol. The Bertz CT molecular complexity index is 1020. The summed E-state index contributed by atoms with van der Waals surface area (Å²) in [4.78, 5) is 10.3. The van der Waals surface area contributed by atoms with Gasteiger partial charge in [0, 0.05) is 31.8 Å². The van der Waals surface area contributed by atoms with Crippen LogP contribution in [0.2, 0.25) is 5.02 Å². The quantitative estimate of drug-likeness (QED) is 0.216. The number of non-ortho nitro benzene ring substituents is 1. The number of hydrogen-bond acceptors (Lipinski definition) is 6. The minimum atomic E-state index is -0.469. The number of ether oxygens (including phenoxy) is 2. The van der Waals surface area contributed by atoms with Crippen molar-refractivity contribution in [3.05, 3.63) is 93.0 Å². The van der Waals surface area contributed by atoms with E-state index in [1.165, 1.54) is 12.1 Å². The van der Waals surface area contributed by atoms with E-state index in [1.54, 1.807) is 13.2 Å². The average Bonchev–Trinajstić information content (AvgIpc) is 2.79. The maximum Gasteiger partial charge on any atom is 0.271 e. The van der Waals surface area contributed by atoms with Crippen LogP contribution < -0.4 is 20.1 Å². The van der Waals surface area contributed by atoms with Crippen LogP contribution in [0.25, 0.3) is 0 Å². The van der Waals surface area contributed by atoms with Crippen LogP contribution in [0.15, 0.2) is 66.7 Å². The Kier molecular flexibility index (Phi) is 10.1. The van der Waals surface area contributed by atoms with Crippen LogP contribution in [0.5, 0.6) is 11.5 Å². The van der Waals surface area contributed by atoms with Crippen LogP contribution in [-0.4, -0.2) is 25.1 Å². The molecule has 0 aromatic heterocycles. The summed E-state index contributed by atoms with van der Waals surface area (Å²) in [5.41, 5.74) is 2.79. The first-order chi connectivity index (χ1) is 15.1. The predicted octanol–water partition coefficient (Wildman–Crippen LogP) is 5.46. The third-order valence-electron chi connectivity index (χ3n) is 4.58. The van der Waals surface area contributed by atoms with Crippen molar-refractivity contribution in [2.75, 3.05) is 25.5 Å². The zero-order valence-electron chi connectivity index (χ0n) is 17.5. The fourth-order valence-corrected chi connectivity index (χ4v) is 3.20. The van der Waals surface area contributed by atoms with E-state index in [2.05, 4.69) is 10.6 Å². The Hall–Kier alpha value is -3.00. The normalized spacial score (nSPS) is 10.2. The SMILES string of the molecule is COc1cc(CNCCNc2ccc([N+](=O)[O-])cc2Cl)ccc1OCc1ccccc1.Cl. The lowest BCUT2D eigenvalue weighted by Crippen LogP contribution is -2.21. The standard InChI is InChI=1S/C23H24ClN3O4.ClH/c1-30-23-13-18(7-10-22(23)31-16-17-5-3-2-4-6-17)15-25-11-12-26-21-9-8-19(27(28)29)14-20(21)24;/h2-10,13-14,25-26H,11-12,15-16H2,1H3;1H. The Labute approximate surface area is 198 Å². The molecule has 0 spiro atoms. The lowest BCUT2D eigenvalue weighted by Gasteiger charge is -2.13. The van der Waals surface area contributed by atoms with Crippen molar-refractivity contribution >= 4 is 35.4 Å². The van der Waals surface area contributed by atoms with Crippen LogP contribution in [0.3, 0.4) is 0 Å². The van der Waals surface area contributed by atoms with Gasteiger partial charge in [-0.25, -0.2) is 0 Å². The molecule has 3 rings (SSSR count). The molecule has 0 saturated carbocycles. The summed E-state index contributed by atoms with van der Waals surface area (Å²) in [6, 6.07) is 20.2. The number of methoxy groups -OCH3 is 1. The third kappa shape index (κ3) is 7.30. The molecule has 32 heavy (non-hydrogen) atoms. The number of nitrogens with zero attached hydrogens (tertiary/aromatic N) is 1. The predicted molar refractivity (Wildman–Crippen MR) is 129 cm³/mol. The van der Waals surface area contributed by atoms with Gasteiger partial charge in [0.05, 0.1) is 22.7 Å². The molecule has 0 unspecified atom stereocenters. The van der Waals surface area contributed by atoms with E-state index in [9.17, 15) is 10.1 Å². The fraction of sp³-hybridized carbons (Fsp3) is 0.217. The van der Waals surface area contributed by atoms with Crippen LogP contribution in [0.1, 0.15) is 11.1 Å². The van der Waals surface area contributed by atoms with Crippen molar-refractivity contribution in [1.82, 2.24) is 5.32 Å². The molecule has 0 aliphatic heterocycles. The van der Waals surface area contributed by atoms with Gasteiger partial charge in [-0.15, -0.1) is 12.4 Å². The van der Waals surface area contributed by atoms with Crippen molar-refractivity contribution in [1.29, 1.82) is 0 Å². The molecule has 0 saturated heterocycles. The molecule has 0 aliphatic carbocycles. The van der Waals surface area contributed by atoms with Crippen molar-refractivity contribution in [3.8, 4) is 11.5 Å². The minimum Gasteiger partial charge on any atom is -0.493 e. The molecule has 2 N–H and O–H groups in total. The lowest BCUT2D eigenvalue weighted by molar-refractivity contribution is -0.384. The summed E-state index contributed by atoms with van der Waals surface area (Å²) in [7, 11) is 1.62. The van der Waals surface area contributed by atoms with E-state index in [0.29, 0.717) is 48.5 Å². The van der Waals surface area contributed by atoms with Gasteiger partial charge in [-0.1, -0.05) is 48.0 Å². The van der Waals surface area contributed by atoms with E-state index in [4.69, 9.17) is 21.1 Å². The number of nitro groups is 1. The highest BCUT2D eigenvalue weighted by Gasteiger charge is 2.09. The first kappa shape index (κ1) is 25.3. The number of hydrogen-bond donors (Lipinski definition) is 2. The van der Waals surface area contributed by atoms with Crippen LogP contribution in [0, 0.1) is 10.1 Å². The van der Waals surface area contributed by atoms with E-state index >= 15 is 0 Å². The number of halogens is 2. The molecular weight excluding hydrogens is 453 g/mol. The highest BCUT2D eigenvalue weighted by molar-refractivity contribution is 6.33. The van der Waals surface area contributed by atoms with Gasteiger partial charge in [-0.3, -0.25) is 10.1 Å². The fourth-order valence-electron chi connectivity index (χ4n) is 2.96. The second-order valence-corrected chi connectivity index (χ2v) is 7.19. The van der Waals surface area contributed by atoms with Crippen LogP contribution in [0.4, 0.5) is 11.4 Å².